The van der Waals surface area contributed by atoms with Crippen molar-refractivity contribution in [2.75, 3.05) is 50.3 Å². The van der Waals surface area contributed by atoms with Crippen LogP contribution in [0.15, 0.2) is 60.7 Å². The molecule has 15 heteroatoms. The summed E-state index contributed by atoms with van der Waals surface area (Å²) in [5, 5.41) is 0.666. The van der Waals surface area contributed by atoms with Gasteiger partial charge in [0.2, 0.25) is 10.0 Å². The fourth-order valence-electron chi connectivity index (χ4n) is 6.74. The van der Waals surface area contributed by atoms with E-state index in [2.05, 4.69) is 4.90 Å². The van der Waals surface area contributed by atoms with E-state index in [4.69, 9.17) is 23.2 Å². The maximum Gasteiger partial charge on any atom is 0.416 e. The molecule has 2 heterocycles. The van der Waals surface area contributed by atoms with Crippen LogP contribution in [0.2, 0.25) is 10.0 Å². The molecule has 6 nitrogen and oxygen atoms in total. The molecular formula is C33H33Cl2F6N3O3S. The smallest absolute Gasteiger partial charge is 0.341 e. The first-order chi connectivity index (χ1) is 22.3. The van der Waals surface area contributed by atoms with Crippen LogP contribution in [0.25, 0.3) is 0 Å². The minimum absolute atomic E-state index is 0.0147. The number of piperidine rings is 1. The molecule has 260 valence electrons. The fourth-order valence-corrected chi connectivity index (χ4v) is 8.28. The molecule has 0 aliphatic carbocycles. The van der Waals surface area contributed by atoms with E-state index in [0.29, 0.717) is 78.9 Å². The van der Waals surface area contributed by atoms with Crippen LogP contribution < -0.4 is 4.31 Å². The third-order valence-electron chi connectivity index (χ3n) is 9.23. The van der Waals surface area contributed by atoms with E-state index in [1.165, 1.54) is 23.7 Å². The van der Waals surface area contributed by atoms with E-state index in [9.17, 15) is 39.6 Å². The lowest BCUT2D eigenvalue weighted by atomic mass is 9.74. The van der Waals surface area contributed by atoms with Gasteiger partial charge in [-0.2, -0.15) is 26.3 Å². The quantitative estimate of drug-likeness (QED) is 0.220. The summed E-state index contributed by atoms with van der Waals surface area (Å²) in [6, 6.07) is 13.2. The van der Waals surface area contributed by atoms with Gasteiger partial charge >= 0.3 is 12.4 Å². The number of alkyl halides is 6. The molecular weight excluding hydrogens is 703 g/mol. The molecule has 1 atom stereocenters. The molecule has 1 fully saturated rings. The molecule has 1 unspecified atom stereocenters. The van der Waals surface area contributed by atoms with Gasteiger partial charge < -0.3 is 9.80 Å². The molecule has 0 bridgehead atoms. The van der Waals surface area contributed by atoms with Crippen molar-refractivity contribution in [3.63, 3.8) is 0 Å². The van der Waals surface area contributed by atoms with Crippen molar-refractivity contribution < 1.29 is 39.6 Å². The summed E-state index contributed by atoms with van der Waals surface area (Å²) in [6.45, 7) is 2.19. The van der Waals surface area contributed by atoms with E-state index < -0.39 is 50.9 Å². The Kier molecular flexibility index (Phi) is 10.1. The number of para-hydroxylation sites is 1. The number of nitrogens with zero attached hydrogens (tertiary/aromatic N) is 3. The van der Waals surface area contributed by atoms with Crippen molar-refractivity contribution in [2.45, 2.75) is 42.9 Å². The molecule has 3 aromatic rings. The van der Waals surface area contributed by atoms with E-state index in [0.717, 1.165) is 10.5 Å². The zero-order valence-corrected chi connectivity index (χ0v) is 28.3. The van der Waals surface area contributed by atoms with Crippen LogP contribution >= 0.6 is 23.2 Å². The first-order valence-corrected chi connectivity index (χ1v) is 17.7. The maximum absolute atomic E-state index is 13.5. The maximum atomic E-state index is 13.5. The predicted molar refractivity (Wildman–Crippen MR) is 173 cm³/mol. The van der Waals surface area contributed by atoms with Gasteiger partial charge in [0.15, 0.2) is 0 Å². The Hall–Kier alpha value is -3.00. The number of hydrogen-bond acceptors (Lipinski definition) is 4. The van der Waals surface area contributed by atoms with Gasteiger partial charge in [-0.15, -0.1) is 0 Å². The molecule has 1 spiro atoms. The van der Waals surface area contributed by atoms with E-state index in [-0.39, 0.29) is 18.0 Å². The summed E-state index contributed by atoms with van der Waals surface area (Å²) in [7, 11) is -2.14. The molecule has 5 rings (SSSR count). The highest BCUT2D eigenvalue weighted by molar-refractivity contribution is 7.92. The highest BCUT2D eigenvalue weighted by atomic mass is 35.5. The molecule has 1 amide bonds. The van der Waals surface area contributed by atoms with E-state index in [1.54, 1.807) is 12.1 Å². The van der Waals surface area contributed by atoms with Gasteiger partial charge in [0.25, 0.3) is 5.91 Å². The third-order valence-corrected chi connectivity index (χ3v) is 10.8. The second kappa shape index (κ2) is 13.4. The van der Waals surface area contributed by atoms with Gasteiger partial charge in [0, 0.05) is 47.1 Å². The van der Waals surface area contributed by atoms with Gasteiger partial charge in [-0.25, -0.2) is 8.42 Å². The largest absolute Gasteiger partial charge is 0.416 e. The second-order valence-electron chi connectivity index (χ2n) is 12.6. The van der Waals surface area contributed by atoms with Crippen LogP contribution in [-0.4, -0.2) is 70.2 Å². The van der Waals surface area contributed by atoms with Crippen LogP contribution in [0, 0.1) is 0 Å². The minimum Gasteiger partial charge on any atom is -0.341 e. The molecule has 3 aromatic carbocycles. The zero-order valence-electron chi connectivity index (χ0n) is 26.0. The summed E-state index contributed by atoms with van der Waals surface area (Å²) < 4.78 is 107. The first-order valence-electron chi connectivity index (χ1n) is 15.1. The summed E-state index contributed by atoms with van der Waals surface area (Å²) in [4.78, 5) is 16.7. The van der Waals surface area contributed by atoms with Crippen LogP contribution in [0.5, 0.6) is 0 Å². The number of hydrogen-bond donors (Lipinski definition) is 0. The number of likely N-dealkylation sites (tertiary alicyclic amines) is 1. The highest BCUT2D eigenvalue weighted by Gasteiger charge is 2.47. The Morgan fingerprint density at radius 1 is 0.917 bits per heavy atom. The summed E-state index contributed by atoms with van der Waals surface area (Å²) in [5.41, 5.74) is -1.84. The van der Waals surface area contributed by atoms with Gasteiger partial charge in [0.05, 0.1) is 23.1 Å². The molecule has 0 N–H and O–H groups in total. The lowest BCUT2D eigenvalue weighted by Crippen LogP contribution is -2.46. The Morgan fingerprint density at radius 2 is 1.48 bits per heavy atom. The first kappa shape index (κ1) is 36.3. The molecule has 0 aromatic heterocycles. The lowest BCUT2D eigenvalue weighted by Gasteiger charge is -2.40. The van der Waals surface area contributed by atoms with Crippen molar-refractivity contribution in [3.8, 4) is 0 Å². The number of anilines is 1. The Bertz CT molecular complexity index is 1740. The number of sulfonamides is 1. The number of fused-ring (bicyclic) bond motifs is 2. The number of amides is 1. The van der Waals surface area contributed by atoms with Crippen molar-refractivity contribution in [2.24, 2.45) is 0 Å². The highest BCUT2D eigenvalue weighted by Crippen LogP contribution is 2.48. The van der Waals surface area contributed by atoms with Crippen LogP contribution in [-0.2, 0) is 27.8 Å². The molecule has 0 saturated carbocycles. The summed E-state index contributed by atoms with van der Waals surface area (Å²) in [6.07, 6.45) is -7.11. The Morgan fingerprint density at radius 3 is 2.02 bits per heavy atom. The van der Waals surface area contributed by atoms with E-state index in [1.807, 2.05) is 24.3 Å². The number of benzene rings is 3. The Labute approximate surface area is 285 Å². The minimum atomic E-state index is -5.09. The van der Waals surface area contributed by atoms with Crippen molar-refractivity contribution in [1.82, 2.24) is 9.80 Å². The number of carbonyl (C=O) groups is 1. The van der Waals surface area contributed by atoms with Crippen LogP contribution in [0.1, 0.15) is 57.8 Å². The van der Waals surface area contributed by atoms with Crippen LogP contribution in [0.3, 0.4) is 0 Å². The van der Waals surface area contributed by atoms with Gasteiger partial charge in [0.1, 0.15) is 0 Å². The zero-order chi connectivity index (χ0) is 35.2. The van der Waals surface area contributed by atoms with Crippen LogP contribution in [0.4, 0.5) is 32.0 Å². The summed E-state index contributed by atoms with van der Waals surface area (Å²) in [5.74, 6) is -1.42. The number of halogens is 8. The molecule has 2 aliphatic rings. The summed E-state index contributed by atoms with van der Waals surface area (Å²) >= 11 is 12.6. The third kappa shape index (κ3) is 7.90. The number of likely N-dealkylation sites (N-methyl/N-ethyl adjacent to an activating group) is 1. The molecule has 1 saturated heterocycles. The van der Waals surface area contributed by atoms with E-state index >= 15 is 0 Å². The second-order valence-corrected chi connectivity index (χ2v) is 15.4. The lowest BCUT2D eigenvalue weighted by molar-refractivity contribution is -0.143. The molecule has 2 aliphatic heterocycles. The topological polar surface area (TPSA) is 60.9 Å². The Balaban J connectivity index is 1.33. The molecule has 48 heavy (non-hydrogen) atoms. The number of carbonyl (C=O) groups excluding carboxylic acids is 1. The average molecular weight is 737 g/mol. The SMILES string of the molecule is CN(CC(CCN1CCC2(CC1)CN(S(C)(=O)=O)c1ccccc12)c1cc(Cl)cc(Cl)c1)C(=O)c1cc(C(F)(F)F)cc(C(F)(F)F)c1. The predicted octanol–water partition coefficient (Wildman–Crippen LogP) is 8.09. The van der Waals surface area contributed by atoms with Gasteiger partial charge in [-0.05, 0) is 92.5 Å². The normalized spacial score (nSPS) is 17.4. The standard InChI is InChI=1S/C33H33Cl2F6N3O3S/c1-42(30(45)23-13-24(32(36,37)38)17-25(14-23)33(39,40)41)19-21(22-15-26(34)18-27(35)16-22)7-10-43-11-8-31(9-12-43)20-44(48(2,46)47)29-6-4-3-5-28(29)31/h3-6,13-18,21H,7-12,19-20H2,1-2H3. The van der Waals surface area contributed by atoms with Crippen molar-refractivity contribution in [1.29, 1.82) is 0 Å². The fraction of sp³-hybridized carbons (Fsp3) is 0.424. The van der Waals surface area contributed by atoms with Crippen molar-refractivity contribution in [3.05, 3.63) is 98.5 Å². The van der Waals surface area contributed by atoms with Gasteiger partial charge in [-0.1, -0.05) is 41.4 Å². The average Bonchev–Trinajstić information content (AvgIpc) is 3.32. The number of rotatable bonds is 8. The van der Waals surface area contributed by atoms with Crippen molar-refractivity contribution >= 4 is 44.8 Å². The monoisotopic (exact) mass is 735 g/mol. The van der Waals surface area contributed by atoms with Gasteiger partial charge in [-0.3, -0.25) is 9.10 Å². The molecule has 0 radical (unpaired) electrons.